The van der Waals surface area contributed by atoms with Gasteiger partial charge in [-0.2, -0.15) is 8.78 Å². The molecule has 0 fully saturated rings. The predicted octanol–water partition coefficient (Wildman–Crippen LogP) is 6.51. The molecule has 2 rings (SSSR count). The molecule has 0 aliphatic heterocycles. The topological polar surface area (TPSA) is 0 Å². The average Bonchev–Trinajstić information content (AvgIpc) is 2.56. The Kier molecular flexibility index (Phi) is 6.32. The van der Waals surface area contributed by atoms with Gasteiger partial charge in [-0.1, -0.05) is 81.6 Å². The summed E-state index contributed by atoms with van der Waals surface area (Å²) >= 11 is 0. The van der Waals surface area contributed by atoms with Crippen LogP contribution in [-0.4, -0.2) is 0 Å². The van der Waals surface area contributed by atoms with Gasteiger partial charge in [0.15, 0.2) is 0 Å². The van der Waals surface area contributed by atoms with E-state index in [1.807, 2.05) is 24.3 Å². The van der Waals surface area contributed by atoms with Gasteiger partial charge >= 0.3 is 0 Å². The molecular weight excluding hydrogens is 290 g/mol. The van der Waals surface area contributed by atoms with Gasteiger partial charge in [0.1, 0.15) is 0 Å². The fourth-order valence-corrected chi connectivity index (χ4v) is 2.80. The Morgan fingerprint density at radius 2 is 1.13 bits per heavy atom. The first-order chi connectivity index (χ1) is 11.1. The summed E-state index contributed by atoms with van der Waals surface area (Å²) in [5, 5.41) is 0. The molecule has 2 heteroatoms. The Balaban J connectivity index is 2.11. The lowest BCUT2D eigenvalue weighted by Crippen LogP contribution is -2.15. The molecule has 2 aromatic rings. The van der Waals surface area contributed by atoms with Gasteiger partial charge in [0.05, 0.1) is 0 Å². The van der Waals surface area contributed by atoms with Crippen LogP contribution in [0.4, 0.5) is 8.78 Å². The van der Waals surface area contributed by atoms with Crippen molar-refractivity contribution < 1.29 is 8.78 Å². The summed E-state index contributed by atoms with van der Waals surface area (Å²) in [6, 6.07) is 13.6. The lowest BCUT2D eigenvalue weighted by atomic mass is 9.96. The summed E-state index contributed by atoms with van der Waals surface area (Å²) in [5.41, 5.74) is 2.38. The fraction of sp³-hybridized carbons (Fsp3) is 0.429. The second-order valence-corrected chi connectivity index (χ2v) is 6.18. The first-order valence-corrected chi connectivity index (χ1v) is 8.64. The van der Waals surface area contributed by atoms with Crippen LogP contribution < -0.4 is 0 Å². The number of alkyl halides is 2. The van der Waals surface area contributed by atoms with Crippen LogP contribution in [0.3, 0.4) is 0 Å². The highest BCUT2D eigenvalue weighted by molar-refractivity contribution is 5.36. The van der Waals surface area contributed by atoms with Crippen LogP contribution in [0.5, 0.6) is 0 Å². The van der Waals surface area contributed by atoms with Gasteiger partial charge in [-0.05, 0) is 30.4 Å². The van der Waals surface area contributed by atoms with Gasteiger partial charge in [0.2, 0.25) is 0 Å². The van der Waals surface area contributed by atoms with Crippen molar-refractivity contribution >= 4 is 0 Å². The van der Waals surface area contributed by atoms with E-state index in [4.69, 9.17) is 0 Å². The third-order valence-electron chi connectivity index (χ3n) is 4.24. The van der Waals surface area contributed by atoms with Crippen molar-refractivity contribution in [2.75, 3.05) is 0 Å². The van der Waals surface area contributed by atoms with Gasteiger partial charge in [-0.3, -0.25) is 0 Å². The second kappa shape index (κ2) is 8.24. The molecule has 0 aliphatic rings. The highest BCUT2D eigenvalue weighted by atomic mass is 19.3. The standard InChI is InChI=1S/C21H26F2/c1-3-5-6-8-18-11-15-20(16-12-18)21(22,23)19-13-9-17(7-4-2)10-14-19/h9-16H,3-8H2,1-2H3. The Labute approximate surface area is 138 Å². The SMILES string of the molecule is CCCCCc1ccc(C(F)(F)c2ccc(CCC)cc2)cc1. The van der Waals surface area contributed by atoms with E-state index in [-0.39, 0.29) is 11.1 Å². The maximum atomic E-state index is 14.6. The smallest absolute Gasteiger partial charge is 0.196 e. The average molecular weight is 316 g/mol. The van der Waals surface area contributed by atoms with Gasteiger partial charge in [0, 0.05) is 11.1 Å². The minimum atomic E-state index is -2.94. The van der Waals surface area contributed by atoms with Crippen LogP contribution in [0, 0.1) is 0 Å². The van der Waals surface area contributed by atoms with Crippen molar-refractivity contribution in [2.24, 2.45) is 0 Å². The summed E-state index contributed by atoms with van der Waals surface area (Å²) in [7, 11) is 0. The van der Waals surface area contributed by atoms with E-state index in [0.29, 0.717) is 0 Å². The summed E-state index contributed by atoms with van der Waals surface area (Å²) in [5.74, 6) is -2.94. The molecule has 0 aliphatic carbocycles. The number of hydrogen-bond acceptors (Lipinski definition) is 0. The molecule has 0 heterocycles. The maximum Gasteiger partial charge on any atom is 0.298 e. The number of unbranched alkanes of at least 4 members (excludes halogenated alkanes) is 2. The third-order valence-corrected chi connectivity index (χ3v) is 4.24. The van der Waals surface area contributed by atoms with Crippen molar-refractivity contribution in [3.63, 3.8) is 0 Å². The zero-order valence-corrected chi connectivity index (χ0v) is 14.1. The highest BCUT2D eigenvalue weighted by Gasteiger charge is 2.33. The monoisotopic (exact) mass is 316 g/mol. The van der Waals surface area contributed by atoms with E-state index in [1.165, 1.54) is 12.8 Å². The van der Waals surface area contributed by atoms with E-state index in [9.17, 15) is 8.78 Å². The quantitative estimate of drug-likeness (QED) is 0.487. The molecule has 0 N–H and O–H groups in total. The van der Waals surface area contributed by atoms with Crippen molar-refractivity contribution in [2.45, 2.75) is 58.3 Å². The van der Waals surface area contributed by atoms with Crippen LogP contribution in [0.1, 0.15) is 61.8 Å². The zero-order valence-electron chi connectivity index (χ0n) is 14.1. The van der Waals surface area contributed by atoms with Crippen molar-refractivity contribution in [1.29, 1.82) is 0 Å². The lowest BCUT2D eigenvalue weighted by molar-refractivity contribution is 0.0428. The van der Waals surface area contributed by atoms with Gasteiger partial charge < -0.3 is 0 Å². The number of hydrogen-bond donors (Lipinski definition) is 0. The molecule has 0 bridgehead atoms. The Morgan fingerprint density at radius 1 is 0.652 bits per heavy atom. The lowest BCUT2D eigenvalue weighted by Gasteiger charge is -2.18. The molecule has 0 atom stereocenters. The number of halogens is 2. The van der Waals surface area contributed by atoms with E-state index in [1.54, 1.807) is 24.3 Å². The minimum absolute atomic E-state index is 0.0658. The van der Waals surface area contributed by atoms with Crippen molar-refractivity contribution in [1.82, 2.24) is 0 Å². The normalized spacial score (nSPS) is 11.7. The molecule has 0 unspecified atom stereocenters. The van der Waals surface area contributed by atoms with E-state index < -0.39 is 5.92 Å². The summed E-state index contributed by atoms with van der Waals surface area (Å²) in [6.07, 6.45) is 6.39. The molecule has 0 radical (unpaired) electrons. The van der Waals surface area contributed by atoms with Gasteiger partial charge in [0.25, 0.3) is 5.92 Å². The van der Waals surface area contributed by atoms with Crippen LogP contribution in [-0.2, 0) is 18.8 Å². The Hall–Kier alpha value is -1.70. The maximum absolute atomic E-state index is 14.6. The number of rotatable bonds is 8. The highest BCUT2D eigenvalue weighted by Crippen LogP contribution is 2.35. The predicted molar refractivity (Wildman–Crippen MR) is 93.1 cm³/mol. The van der Waals surface area contributed by atoms with Gasteiger partial charge in [-0.25, -0.2) is 0 Å². The number of benzene rings is 2. The summed E-state index contributed by atoms with van der Waals surface area (Å²) in [6.45, 7) is 4.25. The van der Waals surface area contributed by atoms with Crippen LogP contribution in [0.25, 0.3) is 0 Å². The minimum Gasteiger partial charge on any atom is -0.196 e. The van der Waals surface area contributed by atoms with E-state index >= 15 is 0 Å². The van der Waals surface area contributed by atoms with Crippen molar-refractivity contribution in [3.8, 4) is 0 Å². The Bertz CT molecular complexity index is 582. The first kappa shape index (κ1) is 17.7. The summed E-state index contributed by atoms with van der Waals surface area (Å²) < 4.78 is 29.3. The molecule has 0 saturated carbocycles. The van der Waals surface area contributed by atoms with Crippen molar-refractivity contribution in [3.05, 3.63) is 70.8 Å². The molecule has 124 valence electrons. The number of aryl methyl sites for hydroxylation is 2. The van der Waals surface area contributed by atoms with Crippen LogP contribution in [0.2, 0.25) is 0 Å². The fourth-order valence-electron chi connectivity index (χ4n) is 2.80. The molecule has 0 spiro atoms. The van der Waals surface area contributed by atoms with E-state index in [0.717, 1.165) is 36.8 Å². The molecule has 0 amide bonds. The molecule has 0 saturated heterocycles. The summed E-state index contributed by atoms with van der Waals surface area (Å²) in [4.78, 5) is 0. The molecule has 2 aromatic carbocycles. The zero-order chi connectivity index (χ0) is 16.7. The molecular formula is C21H26F2. The largest absolute Gasteiger partial charge is 0.298 e. The van der Waals surface area contributed by atoms with Crippen LogP contribution in [0.15, 0.2) is 48.5 Å². The molecule has 0 aromatic heterocycles. The third kappa shape index (κ3) is 4.63. The Morgan fingerprint density at radius 3 is 1.57 bits per heavy atom. The molecule has 23 heavy (non-hydrogen) atoms. The molecule has 0 nitrogen and oxygen atoms in total. The van der Waals surface area contributed by atoms with Crippen LogP contribution >= 0.6 is 0 Å². The second-order valence-electron chi connectivity index (χ2n) is 6.18. The van der Waals surface area contributed by atoms with Gasteiger partial charge in [-0.15, -0.1) is 0 Å². The first-order valence-electron chi connectivity index (χ1n) is 8.64. The van der Waals surface area contributed by atoms with E-state index in [2.05, 4.69) is 13.8 Å².